The third kappa shape index (κ3) is 3.04. The van der Waals surface area contributed by atoms with Crippen molar-refractivity contribution in [3.8, 4) is 0 Å². The van der Waals surface area contributed by atoms with Gasteiger partial charge in [0.15, 0.2) is 0 Å². The summed E-state index contributed by atoms with van der Waals surface area (Å²) >= 11 is 0. The van der Waals surface area contributed by atoms with Crippen LogP contribution in [0.25, 0.3) is 0 Å². The second-order valence-electron chi connectivity index (χ2n) is 6.17. The fraction of sp³-hybridized carbons (Fsp3) is 0.615. The Kier molecular flexibility index (Phi) is 3.68. The van der Waals surface area contributed by atoms with Crippen LogP contribution in [0.2, 0.25) is 0 Å². The van der Waals surface area contributed by atoms with Gasteiger partial charge >= 0.3 is 0 Å². The normalized spacial score (nSPS) is 19.1. The Morgan fingerprint density at radius 1 is 1.30 bits per heavy atom. The Hall–Kier alpha value is -1.34. The number of hydrogen-bond acceptors (Lipinski definition) is 3. The number of aromatic nitrogens is 1. The number of hydrogen-bond donors (Lipinski definition) is 1. The average molecular weight is 299 g/mol. The van der Waals surface area contributed by atoms with Gasteiger partial charge in [-0.3, -0.25) is 4.79 Å². The van der Waals surface area contributed by atoms with Crippen LogP contribution in [0.1, 0.15) is 37.2 Å². The monoisotopic (exact) mass is 299 g/mol. The molecule has 0 aromatic carbocycles. The summed E-state index contributed by atoms with van der Waals surface area (Å²) in [5, 5.41) is 5.09. The molecule has 2 rings (SSSR count). The standard InChI is InChI=1S/C13H21N3O3S/c1-13(2)4-6-16(7-5-13)12(17)11-8-10(9-15(11)3)20(14,18)19/h8-9H,4-7H2,1-3H3,(H2,14,18,19). The topological polar surface area (TPSA) is 85.4 Å². The summed E-state index contributed by atoms with van der Waals surface area (Å²) in [5.74, 6) is -0.141. The molecule has 2 N–H and O–H groups in total. The molecule has 0 atom stereocenters. The van der Waals surface area contributed by atoms with Crippen LogP contribution in [0.3, 0.4) is 0 Å². The lowest BCUT2D eigenvalue weighted by Crippen LogP contribution is -2.41. The Morgan fingerprint density at radius 3 is 2.30 bits per heavy atom. The van der Waals surface area contributed by atoms with Crippen LogP contribution < -0.4 is 5.14 Å². The summed E-state index contributed by atoms with van der Waals surface area (Å²) in [5.41, 5.74) is 0.616. The highest BCUT2D eigenvalue weighted by molar-refractivity contribution is 7.89. The van der Waals surface area contributed by atoms with Gasteiger partial charge in [-0.1, -0.05) is 13.8 Å². The molecule has 1 aliphatic rings. The molecule has 1 aromatic rings. The average Bonchev–Trinajstić information content (AvgIpc) is 2.70. The zero-order valence-corrected chi connectivity index (χ0v) is 12.9. The van der Waals surface area contributed by atoms with Crippen molar-refractivity contribution in [1.82, 2.24) is 9.47 Å². The van der Waals surface area contributed by atoms with Gasteiger partial charge in [0.2, 0.25) is 10.0 Å². The van der Waals surface area contributed by atoms with Crippen LogP contribution in [0.4, 0.5) is 0 Å². The van der Waals surface area contributed by atoms with E-state index in [-0.39, 0.29) is 16.2 Å². The molecular formula is C13H21N3O3S. The smallest absolute Gasteiger partial charge is 0.270 e. The Balaban J connectivity index is 2.20. The van der Waals surface area contributed by atoms with Gasteiger partial charge in [-0.25, -0.2) is 13.6 Å². The van der Waals surface area contributed by atoms with Crippen molar-refractivity contribution < 1.29 is 13.2 Å². The third-order valence-electron chi connectivity index (χ3n) is 3.93. The number of amides is 1. The minimum Gasteiger partial charge on any atom is -0.345 e. The van der Waals surface area contributed by atoms with E-state index in [1.165, 1.54) is 16.8 Å². The van der Waals surface area contributed by atoms with Crippen LogP contribution in [-0.4, -0.2) is 36.9 Å². The van der Waals surface area contributed by atoms with Crippen molar-refractivity contribution in [2.24, 2.45) is 17.6 Å². The zero-order chi connectivity index (χ0) is 15.1. The number of primary sulfonamides is 1. The number of rotatable bonds is 2. The first-order chi connectivity index (χ1) is 9.10. The summed E-state index contributed by atoms with van der Waals surface area (Å²) in [7, 11) is -2.13. The number of carbonyl (C=O) groups is 1. The van der Waals surface area contributed by atoms with Crippen molar-refractivity contribution in [2.45, 2.75) is 31.6 Å². The molecule has 2 heterocycles. The van der Waals surface area contributed by atoms with E-state index in [1.54, 1.807) is 11.9 Å². The van der Waals surface area contributed by atoms with Gasteiger partial charge in [-0.2, -0.15) is 0 Å². The second-order valence-corrected chi connectivity index (χ2v) is 7.73. The predicted molar refractivity (Wildman–Crippen MR) is 75.7 cm³/mol. The van der Waals surface area contributed by atoms with Crippen LogP contribution in [0, 0.1) is 5.41 Å². The van der Waals surface area contributed by atoms with Crippen molar-refractivity contribution in [2.75, 3.05) is 13.1 Å². The number of sulfonamides is 1. The number of carbonyl (C=O) groups excluding carboxylic acids is 1. The number of nitrogens with zero attached hydrogens (tertiary/aromatic N) is 2. The maximum Gasteiger partial charge on any atom is 0.270 e. The van der Waals surface area contributed by atoms with Gasteiger partial charge in [0, 0.05) is 26.3 Å². The first-order valence-corrected chi connectivity index (χ1v) is 8.13. The first kappa shape index (κ1) is 15.1. The zero-order valence-electron chi connectivity index (χ0n) is 12.1. The van der Waals surface area contributed by atoms with Crippen molar-refractivity contribution in [3.63, 3.8) is 0 Å². The summed E-state index contributed by atoms with van der Waals surface area (Å²) < 4.78 is 24.2. The molecular weight excluding hydrogens is 278 g/mol. The number of aryl methyl sites for hydroxylation is 1. The fourth-order valence-electron chi connectivity index (χ4n) is 2.38. The maximum atomic E-state index is 12.4. The highest BCUT2D eigenvalue weighted by Gasteiger charge is 2.29. The molecule has 1 aliphatic heterocycles. The molecule has 0 aliphatic carbocycles. The van der Waals surface area contributed by atoms with Gasteiger partial charge in [0.25, 0.3) is 5.91 Å². The van der Waals surface area contributed by atoms with E-state index in [0.717, 1.165) is 12.8 Å². The van der Waals surface area contributed by atoms with E-state index in [4.69, 9.17) is 5.14 Å². The summed E-state index contributed by atoms with van der Waals surface area (Å²) in [6.45, 7) is 5.77. The lowest BCUT2D eigenvalue weighted by Gasteiger charge is -2.36. The van der Waals surface area contributed by atoms with Crippen LogP contribution in [0.15, 0.2) is 17.2 Å². The quantitative estimate of drug-likeness (QED) is 0.881. The lowest BCUT2D eigenvalue weighted by molar-refractivity contribution is 0.0621. The fourth-order valence-corrected chi connectivity index (χ4v) is 2.96. The molecule has 6 nitrogen and oxygen atoms in total. The Labute approximate surface area is 119 Å². The minimum absolute atomic E-state index is 0.0271. The van der Waals surface area contributed by atoms with Crippen LogP contribution >= 0.6 is 0 Å². The first-order valence-electron chi connectivity index (χ1n) is 6.59. The Bertz CT molecular complexity index is 621. The highest BCUT2D eigenvalue weighted by atomic mass is 32.2. The van der Waals surface area contributed by atoms with Crippen molar-refractivity contribution in [3.05, 3.63) is 18.0 Å². The van der Waals surface area contributed by atoms with E-state index < -0.39 is 10.0 Å². The number of likely N-dealkylation sites (tertiary alicyclic amines) is 1. The van der Waals surface area contributed by atoms with E-state index in [9.17, 15) is 13.2 Å². The third-order valence-corrected chi connectivity index (χ3v) is 4.81. The van der Waals surface area contributed by atoms with E-state index in [2.05, 4.69) is 13.8 Å². The van der Waals surface area contributed by atoms with Crippen molar-refractivity contribution in [1.29, 1.82) is 0 Å². The number of piperidine rings is 1. The van der Waals surface area contributed by atoms with Crippen LogP contribution in [-0.2, 0) is 17.1 Å². The minimum atomic E-state index is -3.78. The van der Waals surface area contributed by atoms with Crippen LogP contribution in [0.5, 0.6) is 0 Å². The predicted octanol–water partition coefficient (Wildman–Crippen LogP) is 0.935. The maximum absolute atomic E-state index is 12.4. The van der Waals surface area contributed by atoms with Crippen molar-refractivity contribution >= 4 is 15.9 Å². The molecule has 20 heavy (non-hydrogen) atoms. The molecule has 7 heteroatoms. The van der Waals surface area contributed by atoms with Gasteiger partial charge in [-0.15, -0.1) is 0 Å². The molecule has 0 bridgehead atoms. The molecule has 1 saturated heterocycles. The molecule has 1 fully saturated rings. The molecule has 0 unspecified atom stereocenters. The number of nitrogens with two attached hydrogens (primary N) is 1. The van der Waals surface area contributed by atoms with E-state index in [0.29, 0.717) is 18.8 Å². The molecule has 0 spiro atoms. The second kappa shape index (κ2) is 4.89. The molecule has 0 saturated carbocycles. The molecule has 1 aromatic heterocycles. The van der Waals surface area contributed by atoms with E-state index >= 15 is 0 Å². The highest BCUT2D eigenvalue weighted by Crippen LogP contribution is 2.30. The molecule has 1 amide bonds. The van der Waals surface area contributed by atoms with Gasteiger partial charge in [0.1, 0.15) is 10.6 Å². The lowest BCUT2D eigenvalue weighted by atomic mass is 9.82. The Morgan fingerprint density at radius 2 is 1.85 bits per heavy atom. The van der Waals surface area contributed by atoms with Gasteiger partial charge in [-0.05, 0) is 24.3 Å². The van der Waals surface area contributed by atoms with Gasteiger partial charge < -0.3 is 9.47 Å². The SMILES string of the molecule is Cn1cc(S(N)(=O)=O)cc1C(=O)N1CCC(C)(C)CC1. The van der Waals surface area contributed by atoms with Gasteiger partial charge in [0.05, 0.1) is 0 Å². The van der Waals surface area contributed by atoms with E-state index in [1.807, 2.05) is 0 Å². The summed E-state index contributed by atoms with van der Waals surface area (Å²) in [6, 6.07) is 1.34. The summed E-state index contributed by atoms with van der Waals surface area (Å²) in [6.07, 6.45) is 3.27. The summed E-state index contributed by atoms with van der Waals surface area (Å²) in [4.78, 5) is 14.2. The largest absolute Gasteiger partial charge is 0.345 e. The molecule has 0 radical (unpaired) electrons. The molecule has 112 valence electrons.